The SMILES string of the molecule is C=C(C)C(=O)OC[C@@H]1C[C@H](OC(C)(O)CC(=O)OCC)[C@H]2OC(C)(CC(=O)OCC)O[C@@H]2O1. The second kappa shape index (κ2) is 11.4. The highest BCUT2D eigenvalue weighted by atomic mass is 16.8. The predicted octanol–water partition coefficient (Wildman–Crippen LogP) is 1.35. The third-order valence-electron chi connectivity index (χ3n) is 4.91. The number of carbonyl (C=O) groups is 3. The Morgan fingerprint density at radius 1 is 1.12 bits per heavy atom. The van der Waals surface area contributed by atoms with E-state index in [1.807, 2.05) is 0 Å². The summed E-state index contributed by atoms with van der Waals surface area (Å²) in [5.41, 5.74) is 0.233. The van der Waals surface area contributed by atoms with Gasteiger partial charge in [-0.15, -0.1) is 0 Å². The molecule has 188 valence electrons. The van der Waals surface area contributed by atoms with Gasteiger partial charge in [0.25, 0.3) is 0 Å². The highest BCUT2D eigenvalue weighted by Crippen LogP contribution is 2.40. The third kappa shape index (κ3) is 8.04. The second-order valence-corrected chi connectivity index (χ2v) is 8.37. The Bertz CT molecular complexity index is 734. The predicted molar refractivity (Wildman–Crippen MR) is 111 cm³/mol. The van der Waals surface area contributed by atoms with Crippen molar-refractivity contribution in [2.24, 2.45) is 0 Å². The lowest BCUT2D eigenvalue weighted by atomic mass is 10.0. The Labute approximate surface area is 193 Å². The molecule has 2 aliphatic rings. The van der Waals surface area contributed by atoms with Gasteiger partial charge in [0, 0.05) is 12.0 Å². The van der Waals surface area contributed by atoms with Crippen LogP contribution in [0.25, 0.3) is 0 Å². The average Bonchev–Trinajstić information content (AvgIpc) is 3.01. The van der Waals surface area contributed by atoms with Gasteiger partial charge in [-0.1, -0.05) is 6.58 Å². The van der Waals surface area contributed by atoms with Crippen LogP contribution in [0.4, 0.5) is 0 Å². The summed E-state index contributed by atoms with van der Waals surface area (Å²) in [6.07, 6.45) is -3.73. The minimum atomic E-state index is -1.87. The van der Waals surface area contributed by atoms with E-state index in [0.717, 1.165) is 0 Å². The minimum Gasteiger partial charge on any atom is -0.466 e. The van der Waals surface area contributed by atoms with Gasteiger partial charge in [0.05, 0.1) is 38.3 Å². The number of hydrogen-bond donors (Lipinski definition) is 1. The lowest BCUT2D eigenvalue weighted by Gasteiger charge is -2.39. The van der Waals surface area contributed by atoms with Crippen molar-refractivity contribution in [3.8, 4) is 0 Å². The number of ether oxygens (including phenoxy) is 7. The van der Waals surface area contributed by atoms with Gasteiger partial charge in [-0.2, -0.15) is 0 Å². The summed E-state index contributed by atoms with van der Waals surface area (Å²) in [6.45, 7) is 11.5. The number of carbonyl (C=O) groups excluding carboxylic acids is 3. The van der Waals surface area contributed by atoms with Gasteiger partial charge in [0.1, 0.15) is 12.7 Å². The first-order valence-electron chi connectivity index (χ1n) is 10.9. The lowest BCUT2D eigenvalue weighted by Crippen LogP contribution is -2.52. The maximum absolute atomic E-state index is 12.0. The van der Waals surface area contributed by atoms with Crippen LogP contribution in [-0.2, 0) is 47.5 Å². The molecule has 33 heavy (non-hydrogen) atoms. The van der Waals surface area contributed by atoms with E-state index >= 15 is 0 Å². The van der Waals surface area contributed by atoms with Crippen molar-refractivity contribution in [3.63, 3.8) is 0 Å². The van der Waals surface area contributed by atoms with E-state index in [4.69, 9.17) is 33.2 Å². The molecule has 2 fully saturated rings. The van der Waals surface area contributed by atoms with Crippen LogP contribution in [0.2, 0.25) is 0 Å². The summed E-state index contributed by atoms with van der Waals surface area (Å²) < 4.78 is 38.6. The molecule has 11 heteroatoms. The van der Waals surface area contributed by atoms with Gasteiger partial charge < -0.3 is 38.3 Å². The maximum atomic E-state index is 12.0. The third-order valence-corrected chi connectivity index (χ3v) is 4.91. The van der Waals surface area contributed by atoms with Gasteiger partial charge in [0.15, 0.2) is 17.9 Å². The summed E-state index contributed by atoms with van der Waals surface area (Å²) in [4.78, 5) is 35.6. The molecule has 2 saturated heterocycles. The smallest absolute Gasteiger partial charge is 0.333 e. The Hall–Kier alpha value is -2.05. The van der Waals surface area contributed by atoms with Gasteiger partial charge in [-0.25, -0.2) is 4.79 Å². The quantitative estimate of drug-likeness (QED) is 0.201. The van der Waals surface area contributed by atoms with Crippen molar-refractivity contribution in [1.82, 2.24) is 0 Å². The number of aliphatic hydroxyl groups is 1. The Balaban J connectivity index is 2.15. The van der Waals surface area contributed by atoms with Crippen LogP contribution in [0.5, 0.6) is 0 Å². The van der Waals surface area contributed by atoms with Gasteiger partial charge in [0.2, 0.25) is 0 Å². The highest BCUT2D eigenvalue weighted by molar-refractivity contribution is 5.86. The Kier molecular flexibility index (Phi) is 9.38. The molecule has 1 N–H and O–H groups in total. The van der Waals surface area contributed by atoms with Crippen LogP contribution >= 0.6 is 0 Å². The van der Waals surface area contributed by atoms with E-state index in [0.29, 0.717) is 0 Å². The van der Waals surface area contributed by atoms with Crippen LogP contribution in [-0.4, -0.2) is 79.0 Å². The minimum absolute atomic E-state index is 0.118. The average molecular weight is 475 g/mol. The molecule has 0 aromatic heterocycles. The van der Waals surface area contributed by atoms with Crippen LogP contribution < -0.4 is 0 Å². The molecule has 0 aromatic rings. The van der Waals surface area contributed by atoms with E-state index in [9.17, 15) is 19.5 Å². The van der Waals surface area contributed by atoms with Crippen molar-refractivity contribution in [2.45, 2.75) is 90.1 Å². The van der Waals surface area contributed by atoms with Crippen LogP contribution in [0.3, 0.4) is 0 Å². The molecule has 0 spiro atoms. The number of fused-ring (bicyclic) bond motifs is 1. The molecular weight excluding hydrogens is 440 g/mol. The molecule has 0 amide bonds. The topological polar surface area (TPSA) is 136 Å². The van der Waals surface area contributed by atoms with Crippen molar-refractivity contribution < 1.29 is 52.6 Å². The molecule has 0 aromatic carbocycles. The first-order chi connectivity index (χ1) is 15.4. The number of hydrogen-bond acceptors (Lipinski definition) is 11. The fourth-order valence-electron chi connectivity index (χ4n) is 3.60. The zero-order valence-electron chi connectivity index (χ0n) is 19.8. The van der Waals surface area contributed by atoms with Crippen LogP contribution in [0.1, 0.15) is 53.9 Å². The molecule has 0 radical (unpaired) electrons. The summed E-state index contributed by atoms with van der Waals surface area (Å²) in [5, 5.41) is 10.7. The highest BCUT2D eigenvalue weighted by Gasteiger charge is 2.55. The number of esters is 3. The normalized spacial score (nSPS) is 30.6. The Morgan fingerprint density at radius 3 is 2.36 bits per heavy atom. The van der Waals surface area contributed by atoms with E-state index in [1.54, 1.807) is 20.8 Å². The fourth-order valence-corrected chi connectivity index (χ4v) is 3.60. The molecule has 2 unspecified atom stereocenters. The number of rotatable bonds is 11. The van der Waals surface area contributed by atoms with E-state index in [-0.39, 0.29) is 38.2 Å². The molecule has 11 nitrogen and oxygen atoms in total. The Morgan fingerprint density at radius 2 is 1.76 bits per heavy atom. The molecule has 0 saturated carbocycles. The molecule has 2 aliphatic heterocycles. The van der Waals surface area contributed by atoms with Gasteiger partial charge >= 0.3 is 17.9 Å². The van der Waals surface area contributed by atoms with Crippen molar-refractivity contribution in [1.29, 1.82) is 0 Å². The molecule has 6 atom stereocenters. The summed E-state index contributed by atoms with van der Waals surface area (Å²) in [5.74, 6) is -4.96. The zero-order chi connectivity index (χ0) is 24.8. The lowest BCUT2D eigenvalue weighted by molar-refractivity contribution is -0.282. The maximum Gasteiger partial charge on any atom is 0.333 e. The van der Waals surface area contributed by atoms with Crippen LogP contribution in [0, 0.1) is 0 Å². The van der Waals surface area contributed by atoms with Crippen molar-refractivity contribution in [2.75, 3.05) is 19.8 Å². The summed E-state index contributed by atoms with van der Waals surface area (Å²) in [6, 6.07) is 0. The van der Waals surface area contributed by atoms with Gasteiger partial charge in [-0.3, -0.25) is 9.59 Å². The fraction of sp³-hybridized carbons (Fsp3) is 0.773. The molecule has 0 aliphatic carbocycles. The van der Waals surface area contributed by atoms with E-state index < -0.39 is 60.5 Å². The van der Waals surface area contributed by atoms with Crippen molar-refractivity contribution >= 4 is 17.9 Å². The standard InChI is InChI=1S/C22H34O11/c1-7-27-16(23)10-21(5,26)31-15-9-14(12-29-19(25)13(3)4)30-20-18(15)32-22(6,33-20)11-17(24)28-8-2/h14-15,18,20,26H,3,7-12H2,1-2,4-6H3/t14-,15-,18+,20-,21?,22?/m0/s1. The van der Waals surface area contributed by atoms with Crippen LogP contribution in [0.15, 0.2) is 12.2 Å². The first kappa shape index (κ1) is 27.2. The first-order valence-corrected chi connectivity index (χ1v) is 10.9. The monoisotopic (exact) mass is 474 g/mol. The molecule has 2 heterocycles. The second-order valence-electron chi connectivity index (χ2n) is 8.37. The van der Waals surface area contributed by atoms with E-state index in [1.165, 1.54) is 13.8 Å². The van der Waals surface area contributed by atoms with Crippen molar-refractivity contribution in [3.05, 3.63) is 12.2 Å². The van der Waals surface area contributed by atoms with E-state index in [2.05, 4.69) is 6.58 Å². The zero-order valence-corrected chi connectivity index (χ0v) is 19.8. The molecule has 2 rings (SSSR count). The van der Waals surface area contributed by atoms with Gasteiger partial charge in [-0.05, 0) is 34.6 Å². The summed E-state index contributed by atoms with van der Waals surface area (Å²) >= 11 is 0. The largest absolute Gasteiger partial charge is 0.466 e. The molecular formula is C22H34O11. The summed E-state index contributed by atoms with van der Waals surface area (Å²) in [7, 11) is 0. The molecule has 0 bridgehead atoms.